The lowest BCUT2D eigenvalue weighted by atomic mass is 10.0. The van der Waals surface area contributed by atoms with Gasteiger partial charge in [0.2, 0.25) is 0 Å². The highest BCUT2D eigenvalue weighted by Gasteiger charge is 2.17. The van der Waals surface area contributed by atoms with Gasteiger partial charge in [-0.1, -0.05) is 26.0 Å². The van der Waals surface area contributed by atoms with Crippen molar-refractivity contribution in [1.82, 2.24) is 4.90 Å². The van der Waals surface area contributed by atoms with Gasteiger partial charge in [-0.15, -0.1) is 0 Å². The number of likely N-dealkylation sites (N-methyl/N-ethyl adjacent to an activating group) is 1. The van der Waals surface area contributed by atoms with E-state index in [0.717, 1.165) is 12.3 Å². The van der Waals surface area contributed by atoms with Crippen LogP contribution in [0.2, 0.25) is 0 Å². The first-order chi connectivity index (χ1) is 8.08. The predicted octanol–water partition coefficient (Wildman–Crippen LogP) is 2.14. The minimum Gasteiger partial charge on any atom is -0.497 e. The van der Waals surface area contributed by atoms with Crippen LogP contribution in [-0.4, -0.2) is 36.8 Å². The van der Waals surface area contributed by atoms with Crippen LogP contribution in [0.3, 0.4) is 0 Å². The summed E-state index contributed by atoms with van der Waals surface area (Å²) in [7, 11) is 3.72. The van der Waals surface area contributed by atoms with Crippen LogP contribution in [0.5, 0.6) is 5.75 Å². The highest BCUT2D eigenvalue weighted by atomic mass is 16.5. The SMILES string of the molecule is COc1cccc(CN(C)C(CO)C(C)C)c1. The van der Waals surface area contributed by atoms with Gasteiger partial charge in [-0.25, -0.2) is 0 Å². The zero-order chi connectivity index (χ0) is 12.8. The van der Waals surface area contributed by atoms with Crippen molar-refractivity contribution >= 4 is 0 Å². The molecule has 0 saturated heterocycles. The number of hydrogen-bond donors (Lipinski definition) is 1. The summed E-state index contributed by atoms with van der Waals surface area (Å²) in [6.07, 6.45) is 0. The van der Waals surface area contributed by atoms with E-state index in [4.69, 9.17) is 4.74 Å². The number of methoxy groups -OCH3 is 1. The second kappa shape index (κ2) is 6.62. The third kappa shape index (κ3) is 4.02. The molecule has 0 spiro atoms. The Hall–Kier alpha value is -1.06. The lowest BCUT2D eigenvalue weighted by Gasteiger charge is -2.29. The second-order valence-corrected chi connectivity index (χ2v) is 4.76. The molecular weight excluding hydrogens is 214 g/mol. The standard InChI is InChI=1S/C14H23NO2/c1-11(2)14(10-16)15(3)9-12-6-5-7-13(8-12)17-4/h5-8,11,14,16H,9-10H2,1-4H3. The number of nitrogens with zero attached hydrogens (tertiary/aromatic N) is 1. The van der Waals surface area contributed by atoms with Crippen molar-refractivity contribution in [1.29, 1.82) is 0 Å². The van der Waals surface area contributed by atoms with Gasteiger partial charge >= 0.3 is 0 Å². The van der Waals surface area contributed by atoms with Crippen LogP contribution in [-0.2, 0) is 6.54 Å². The third-order valence-corrected chi connectivity index (χ3v) is 3.09. The van der Waals surface area contributed by atoms with Crippen molar-refractivity contribution < 1.29 is 9.84 Å². The lowest BCUT2D eigenvalue weighted by molar-refractivity contribution is 0.108. The predicted molar refractivity (Wildman–Crippen MR) is 70.2 cm³/mol. The summed E-state index contributed by atoms with van der Waals surface area (Å²) < 4.78 is 5.20. The second-order valence-electron chi connectivity index (χ2n) is 4.76. The minimum atomic E-state index is 0.193. The van der Waals surface area contributed by atoms with E-state index in [1.165, 1.54) is 5.56 Å². The van der Waals surface area contributed by atoms with Gasteiger partial charge in [-0.2, -0.15) is 0 Å². The maximum Gasteiger partial charge on any atom is 0.119 e. The molecule has 1 aromatic rings. The molecule has 1 atom stereocenters. The summed E-state index contributed by atoms with van der Waals surface area (Å²) in [6.45, 7) is 5.27. The smallest absolute Gasteiger partial charge is 0.119 e. The maximum absolute atomic E-state index is 9.38. The van der Waals surface area contributed by atoms with Gasteiger partial charge in [0.25, 0.3) is 0 Å². The molecule has 0 fully saturated rings. The number of rotatable bonds is 6. The summed E-state index contributed by atoms with van der Waals surface area (Å²) in [5.41, 5.74) is 1.20. The monoisotopic (exact) mass is 237 g/mol. The Balaban J connectivity index is 2.69. The molecule has 0 saturated carbocycles. The molecule has 1 unspecified atom stereocenters. The Kier molecular flexibility index (Phi) is 5.45. The zero-order valence-electron chi connectivity index (χ0n) is 11.2. The Morgan fingerprint density at radius 1 is 1.35 bits per heavy atom. The van der Waals surface area contributed by atoms with Crippen LogP contribution in [0.25, 0.3) is 0 Å². The normalized spacial score (nSPS) is 13.1. The first kappa shape index (κ1) is 14.0. The van der Waals surface area contributed by atoms with Crippen LogP contribution in [0.15, 0.2) is 24.3 Å². The van der Waals surface area contributed by atoms with E-state index in [-0.39, 0.29) is 12.6 Å². The van der Waals surface area contributed by atoms with Gasteiger partial charge in [0, 0.05) is 12.6 Å². The van der Waals surface area contributed by atoms with Crippen LogP contribution in [0, 0.1) is 5.92 Å². The van der Waals surface area contributed by atoms with Crippen molar-refractivity contribution in [3.05, 3.63) is 29.8 Å². The highest BCUT2D eigenvalue weighted by molar-refractivity contribution is 5.28. The molecule has 1 aromatic carbocycles. The fourth-order valence-electron chi connectivity index (χ4n) is 2.04. The first-order valence-electron chi connectivity index (χ1n) is 6.02. The molecule has 96 valence electrons. The van der Waals surface area contributed by atoms with Gasteiger partial charge in [-0.3, -0.25) is 4.90 Å². The van der Waals surface area contributed by atoms with Crippen LogP contribution in [0.1, 0.15) is 19.4 Å². The topological polar surface area (TPSA) is 32.7 Å². The molecule has 0 aromatic heterocycles. The molecular formula is C14H23NO2. The Morgan fingerprint density at radius 2 is 2.06 bits per heavy atom. The summed E-state index contributed by atoms with van der Waals surface area (Å²) >= 11 is 0. The fraction of sp³-hybridized carbons (Fsp3) is 0.571. The molecule has 0 aliphatic carbocycles. The van der Waals surface area contributed by atoms with Crippen molar-refractivity contribution in [2.24, 2.45) is 5.92 Å². The van der Waals surface area contributed by atoms with Crippen LogP contribution < -0.4 is 4.74 Å². The molecule has 0 bridgehead atoms. The van der Waals surface area contributed by atoms with Gasteiger partial charge in [0.05, 0.1) is 13.7 Å². The van der Waals surface area contributed by atoms with Gasteiger partial charge in [0.15, 0.2) is 0 Å². The molecule has 0 aliphatic heterocycles. The number of aliphatic hydroxyl groups is 1. The molecule has 3 nitrogen and oxygen atoms in total. The molecule has 17 heavy (non-hydrogen) atoms. The van der Waals surface area contributed by atoms with Crippen LogP contribution >= 0.6 is 0 Å². The zero-order valence-corrected chi connectivity index (χ0v) is 11.2. The quantitative estimate of drug-likeness (QED) is 0.823. The molecule has 1 rings (SSSR count). The average molecular weight is 237 g/mol. The Labute approximate surface area is 104 Å². The highest BCUT2D eigenvalue weighted by Crippen LogP contribution is 2.16. The summed E-state index contributed by atoms with van der Waals surface area (Å²) in [5.74, 6) is 1.32. The average Bonchev–Trinajstić information content (AvgIpc) is 2.29. The van der Waals surface area contributed by atoms with E-state index in [9.17, 15) is 5.11 Å². The first-order valence-corrected chi connectivity index (χ1v) is 6.02. The van der Waals surface area contributed by atoms with Gasteiger partial charge in [-0.05, 0) is 30.7 Å². The van der Waals surface area contributed by atoms with Crippen molar-refractivity contribution in [3.63, 3.8) is 0 Å². The summed E-state index contributed by atoms with van der Waals surface area (Å²) in [5, 5.41) is 9.38. The van der Waals surface area contributed by atoms with Gasteiger partial charge in [0.1, 0.15) is 5.75 Å². The molecule has 0 amide bonds. The van der Waals surface area contributed by atoms with E-state index >= 15 is 0 Å². The largest absolute Gasteiger partial charge is 0.497 e. The fourth-order valence-corrected chi connectivity index (χ4v) is 2.04. The number of hydrogen-bond acceptors (Lipinski definition) is 3. The third-order valence-electron chi connectivity index (χ3n) is 3.09. The maximum atomic E-state index is 9.38. The van der Waals surface area contributed by atoms with E-state index < -0.39 is 0 Å². The molecule has 0 heterocycles. The van der Waals surface area contributed by atoms with E-state index in [2.05, 4.69) is 24.8 Å². The van der Waals surface area contributed by atoms with Crippen molar-refractivity contribution in [3.8, 4) is 5.75 Å². The lowest BCUT2D eigenvalue weighted by Crippen LogP contribution is -2.38. The molecule has 0 radical (unpaired) electrons. The van der Waals surface area contributed by atoms with Crippen molar-refractivity contribution in [2.75, 3.05) is 20.8 Å². The van der Waals surface area contributed by atoms with Crippen LogP contribution in [0.4, 0.5) is 0 Å². The molecule has 1 N–H and O–H groups in total. The van der Waals surface area contributed by atoms with Gasteiger partial charge < -0.3 is 9.84 Å². The summed E-state index contributed by atoms with van der Waals surface area (Å²) in [6, 6.07) is 8.24. The van der Waals surface area contributed by atoms with E-state index in [1.54, 1.807) is 7.11 Å². The minimum absolute atomic E-state index is 0.193. The number of ether oxygens (including phenoxy) is 1. The van der Waals surface area contributed by atoms with E-state index in [1.807, 2.05) is 25.2 Å². The summed E-state index contributed by atoms with van der Waals surface area (Å²) in [4.78, 5) is 2.18. The number of benzene rings is 1. The number of aliphatic hydroxyl groups excluding tert-OH is 1. The molecule has 0 aliphatic rings. The Bertz CT molecular complexity index is 339. The Morgan fingerprint density at radius 3 is 2.59 bits per heavy atom. The van der Waals surface area contributed by atoms with E-state index in [0.29, 0.717) is 5.92 Å². The molecule has 3 heteroatoms. The van der Waals surface area contributed by atoms with Crippen molar-refractivity contribution in [2.45, 2.75) is 26.4 Å².